The van der Waals surface area contributed by atoms with Gasteiger partial charge >= 0.3 is 0 Å². The molecule has 7 heteroatoms. The SMILES string of the molecule is CCCCc1nc2ccc([C@@H]3C[C@@H](CO)ON3C)cc2c(=O)n1Cc1ccc(-c2ccccc2C#N)cc1. The Hall–Kier alpha value is -3.83. The summed E-state index contributed by atoms with van der Waals surface area (Å²) in [5, 5.41) is 21.3. The van der Waals surface area contributed by atoms with Crippen LogP contribution in [0.3, 0.4) is 0 Å². The summed E-state index contributed by atoms with van der Waals surface area (Å²) in [6.07, 6.45) is 3.12. The second-order valence-corrected chi connectivity index (χ2v) is 9.86. The van der Waals surface area contributed by atoms with Crippen molar-refractivity contribution < 1.29 is 9.94 Å². The van der Waals surface area contributed by atoms with Crippen molar-refractivity contribution in [1.29, 1.82) is 5.26 Å². The Labute approximate surface area is 222 Å². The van der Waals surface area contributed by atoms with Crippen LogP contribution in [0.1, 0.15) is 54.7 Å². The molecule has 0 spiro atoms. The van der Waals surface area contributed by atoms with Crippen LogP contribution < -0.4 is 5.56 Å². The quantitative estimate of drug-likeness (QED) is 0.360. The van der Waals surface area contributed by atoms with Crippen molar-refractivity contribution in [3.8, 4) is 17.2 Å². The fourth-order valence-electron chi connectivity index (χ4n) is 5.19. The monoisotopic (exact) mass is 508 g/mol. The molecule has 1 N–H and O–H groups in total. The molecule has 0 radical (unpaired) electrons. The van der Waals surface area contributed by atoms with Gasteiger partial charge < -0.3 is 5.11 Å². The number of aryl methyl sites for hydroxylation is 1. The largest absolute Gasteiger partial charge is 0.394 e. The summed E-state index contributed by atoms with van der Waals surface area (Å²) in [6, 6.07) is 23.7. The van der Waals surface area contributed by atoms with E-state index in [4.69, 9.17) is 9.82 Å². The molecule has 0 aliphatic carbocycles. The zero-order valence-corrected chi connectivity index (χ0v) is 21.8. The highest BCUT2D eigenvalue weighted by molar-refractivity contribution is 5.78. The summed E-state index contributed by atoms with van der Waals surface area (Å²) in [5.41, 5.74) is 5.11. The number of fused-ring (bicyclic) bond motifs is 1. The first-order valence-corrected chi connectivity index (χ1v) is 13.1. The summed E-state index contributed by atoms with van der Waals surface area (Å²) in [5.74, 6) is 0.790. The highest BCUT2D eigenvalue weighted by Gasteiger charge is 2.32. The molecule has 4 aromatic rings. The molecular formula is C31H32N4O3. The Kier molecular flexibility index (Phi) is 7.66. The molecule has 194 valence electrons. The lowest BCUT2D eigenvalue weighted by atomic mass is 9.99. The van der Waals surface area contributed by atoms with Crippen LogP contribution in [0.15, 0.2) is 71.5 Å². The predicted octanol–water partition coefficient (Wildman–Crippen LogP) is 5.00. The molecule has 3 aromatic carbocycles. The van der Waals surface area contributed by atoms with Crippen LogP contribution in [0.2, 0.25) is 0 Å². The van der Waals surface area contributed by atoms with Crippen molar-refractivity contribution in [2.45, 2.75) is 51.3 Å². The minimum Gasteiger partial charge on any atom is -0.394 e. The van der Waals surface area contributed by atoms with Crippen molar-refractivity contribution in [3.63, 3.8) is 0 Å². The minimum atomic E-state index is -0.241. The molecule has 0 unspecified atom stereocenters. The molecule has 0 bridgehead atoms. The van der Waals surface area contributed by atoms with E-state index in [1.165, 1.54) is 0 Å². The second-order valence-electron chi connectivity index (χ2n) is 9.86. The van der Waals surface area contributed by atoms with Gasteiger partial charge in [0.25, 0.3) is 5.56 Å². The average Bonchev–Trinajstić information content (AvgIpc) is 3.34. The van der Waals surface area contributed by atoms with Gasteiger partial charge in [0.2, 0.25) is 0 Å². The first kappa shape index (κ1) is 25.8. The normalized spacial score (nSPS) is 17.6. The number of aliphatic hydroxyl groups excluding tert-OH is 1. The fraction of sp³-hybridized carbons (Fsp3) is 0.323. The number of hydrogen-bond donors (Lipinski definition) is 1. The van der Waals surface area contributed by atoms with Crippen LogP contribution in [-0.2, 0) is 17.8 Å². The maximum atomic E-state index is 13.9. The van der Waals surface area contributed by atoms with Gasteiger partial charge in [-0.15, -0.1) is 0 Å². The van der Waals surface area contributed by atoms with E-state index in [9.17, 15) is 15.2 Å². The number of benzene rings is 3. The molecule has 1 saturated heterocycles. The molecule has 1 aliphatic heterocycles. The van der Waals surface area contributed by atoms with E-state index >= 15 is 0 Å². The van der Waals surface area contributed by atoms with E-state index in [2.05, 4.69) is 13.0 Å². The van der Waals surface area contributed by atoms with Gasteiger partial charge in [-0.25, -0.2) is 4.98 Å². The van der Waals surface area contributed by atoms with Crippen molar-refractivity contribution in [2.24, 2.45) is 0 Å². The maximum absolute atomic E-state index is 13.9. The lowest BCUT2D eigenvalue weighted by molar-refractivity contribution is -0.153. The van der Waals surface area contributed by atoms with E-state index in [1.807, 2.05) is 73.8 Å². The Morgan fingerprint density at radius 1 is 1.13 bits per heavy atom. The van der Waals surface area contributed by atoms with Crippen molar-refractivity contribution in [2.75, 3.05) is 13.7 Å². The first-order chi connectivity index (χ1) is 18.5. The average molecular weight is 509 g/mol. The van der Waals surface area contributed by atoms with E-state index in [-0.39, 0.29) is 24.3 Å². The number of hydroxylamine groups is 2. The van der Waals surface area contributed by atoms with Crippen LogP contribution in [0.4, 0.5) is 0 Å². The van der Waals surface area contributed by atoms with Gasteiger partial charge in [0.1, 0.15) is 11.9 Å². The number of unbranched alkanes of at least 4 members (excludes halogenated alkanes) is 1. The van der Waals surface area contributed by atoms with Crippen LogP contribution in [0.5, 0.6) is 0 Å². The summed E-state index contributed by atoms with van der Waals surface area (Å²) in [4.78, 5) is 24.5. The summed E-state index contributed by atoms with van der Waals surface area (Å²) >= 11 is 0. The summed E-state index contributed by atoms with van der Waals surface area (Å²) in [6.45, 7) is 2.52. The number of aliphatic hydroxyl groups is 1. The Morgan fingerprint density at radius 2 is 1.92 bits per heavy atom. The summed E-state index contributed by atoms with van der Waals surface area (Å²) < 4.78 is 1.80. The van der Waals surface area contributed by atoms with Gasteiger partial charge in [0, 0.05) is 13.5 Å². The van der Waals surface area contributed by atoms with Crippen LogP contribution >= 0.6 is 0 Å². The lowest BCUT2D eigenvalue weighted by Gasteiger charge is -2.19. The number of nitriles is 1. The molecule has 0 amide bonds. The van der Waals surface area contributed by atoms with Crippen LogP contribution in [0, 0.1) is 11.3 Å². The molecule has 5 rings (SSSR count). The van der Waals surface area contributed by atoms with Crippen LogP contribution in [-0.4, -0.2) is 39.5 Å². The van der Waals surface area contributed by atoms with Gasteiger partial charge in [0.15, 0.2) is 0 Å². The molecule has 1 aliphatic rings. The molecule has 38 heavy (non-hydrogen) atoms. The molecule has 1 aromatic heterocycles. The van der Waals surface area contributed by atoms with Gasteiger partial charge in [-0.1, -0.05) is 61.9 Å². The van der Waals surface area contributed by atoms with E-state index < -0.39 is 0 Å². The van der Waals surface area contributed by atoms with Gasteiger partial charge in [-0.05, 0) is 53.3 Å². The lowest BCUT2D eigenvalue weighted by Crippen LogP contribution is -2.26. The van der Waals surface area contributed by atoms with Gasteiger partial charge in [0.05, 0.1) is 41.7 Å². The molecule has 2 heterocycles. The number of rotatable bonds is 8. The number of aromatic nitrogens is 2. The topological polar surface area (TPSA) is 91.4 Å². The number of hydrogen-bond acceptors (Lipinski definition) is 6. The van der Waals surface area contributed by atoms with Crippen LogP contribution in [0.25, 0.3) is 22.0 Å². The third kappa shape index (κ3) is 5.11. The Morgan fingerprint density at radius 3 is 2.63 bits per heavy atom. The third-order valence-electron chi connectivity index (χ3n) is 7.29. The fourth-order valence-corrected chi connectivity index (χ4v) is 5.19. The van der Waals surface area contributed by atoms with E-state index in [0.717, 1.165) is 47.3 Å². The molecular weight excluding hydrogens is 476 g/mol. The van der Waals surface area contributed by atoms with E-state index in [1.54, 1.807) is 9.63 Å². The molecule has 0 saturated carbocycles. The minimum absolute atomic E-state index is 0.0343. The smallest absolute Gasteiger partial charge is 0.261 e. The zero-order chi connectivity index (χ0) is 26.6. The highest BCUT2D eigenvalue weighted by atomic mass is 16.7. The first-order valence-electron chi connectivity index (χ1n) is 13.1. The van der Waals surface area contributed by atoms with Gasteiger partial charge in [-0.2, -0.15) is 10.3 Å². The highest BCUT2D eigenvalue weighted by Crippen LogP contribution is 2.33. The predicted molar refractivity (Wildman–Crippen MR) is 147 cm³/mol. The second kappa shape index (κ2) is 11.3. The van der Waals surface area contributed by atoms with Crippen molar-refractivity contribution >= 4 is 10.9 Å². The maximum Gasteiger partial charge on any atom is 0.261 e. The Balaban J connectivity index is 1.51. The zero-order valence-electron chi connectivity index (χ0n) is 21.8. The number of nitrogens with zero attached hydrogens (tertiary/aromatic N) is 4. The standard InChI is InChI=1S/C31H32N4O3/c1-3-4-9-30-33-28-15-14-23(29-17-25(20-36)38-34(29)2)16-27(28)31(37)35(30)19-21-10-12-22(13-11-21)26-8-6-5-7-24(26)18-32/h5-8,10-16,25,29,36H,3-4,9,17,19-20H2,1-2H3/t25-,29-/m0/s1. The summed E-state index contributed by atoms with van der Waals surface area (Å²) in [7, 11) is 1.85. The van der Waals surface area contributed by atoms with Crippen molar-refractivity contribution in [3.05, 3.63) is 99.6 Å². The molecule has 1 fully saturated rings. The van der Waals surface area contributed by atoms with E-state index in [0.29, 0.717) is 29.4 Å². The van der Waals surface area contributed by atoms with Gasteiger partial charge in [-0.3, -0.25) is 14.2 Å². The molecule has 7 nitrogen and oxygen atoms in total. The Bertz CT molecular complexity index is 1540. The molecule has 2 atom stereocenters. The third-order valence-corrected chi connectivity index (χ3v) is 7.29. The van der Waals surface area contributed by atoms with Crippen molar-refractivity contribution in [1.82, 2.24) is 14.6 Å².